The Labute approximate surface area is 175 Å². The quantitative estimate of drug-likeness (QED) is 0.705. The van der Waals surface area contributed by atoms with E-state index >= 15 is 0 Å². The molecule has 0 spiro atoms. The Balaban J connectivity index is 1.56. The number of piperazine rings is 1. The van der Waals surface area contributed by atoms with Crippen LogP contribution in [0.1, 0.15) is 56.6 Å². The highest BCUT2D eigenvalue weighted by atomic mass is 32.2. The van der Waals surface area contributed by atoms with E-state index in [0.717, 1.165) is 24.0 Å². The van der Waals surface area contributed by atoms with Crippen molar-refractivity contribution in [3.8, 4) is 0 Å². The van der Waals surface area contributed by atoms with Crippen molar-refractivity contribution in [3.63, 3.8) is 0 Å². The molecule has 1 aliphatic heterocycles. The summed E-state index contributed by atoms with van der Waals surface area (Å²) in [5.74, 6) is 0.109. The highest BCUT2D eigenvalue weighted by Crippen LogP contribution is 2.19. The Morgan fingerprint density at radius 1 is 1.07 bits per heavy atom. The highest BCUT2D eigenvalue weighted by molar-refractivity contribution is 7.89. The molecule has 29 heavy (non-hydrogen) atoms. The number of benzene rings is 1. The van der Waals surface area contributed by atoms with Crippen molar-refractivity contribution in [3.05, 3.63) is 29.3 Å². The zero-order valence-electron chi connectivity index (χ0n) is 18.0. The first-order valence-electron chi connectivity index (χ1n) is 11.0. The van der Waals surface area contributed by atoms with Gasteiger partial charge in [0.25, 0.3) is 5.91 Å². The summed E-state index contributed by atoms with van der Waals surface area (Å²) < 4.78 is 27.6. The number of carbonyl (C=O) groups is 1. The third-order valence-corrected chi connectivity index (χ3v) is 8.58. The predicted molar refractivity (Wildman–Crippen MR) is 114 cm³/mol. The van der Waals surface area contributed by atoms with Gasteiger partial charge < -0.3 is 10.2 Å². The number of hydrogen-bond donors (Lipinski definition) is 2. The van der Waals surface area contributed by atoms with Gasteiger partial charge in [0.15, 0.2) is 6.04 Å². The summed E-state index contributed by atoms with van der Waals surface area (Å²) in [6, 6.07) is 5.47. The summed E-state index contributed by atoms with van der Waals surface area (Å²) in [6.45, 7) is 8.10. The van der Waals surface area contributed by atoms with Crippen LogP contribution in [0.3, 0.4) is 0 Å². The van der Waals surface area contributed by atoms with Crippen LogP contribution < -0.4 is 10.2 Å². The first-order chi connectivity index (χ1) is 13.8. The summed E-state index contributed by atoms with van der Waals surface area (Å²) in [5, 5.41) is 3.24. The maximum Gasteiger partial charge on any atom is 0.278 e. The van der Waals surface area contributed by atoms with Crippen molar-refractivity contribution < 1.29 is 18.1 Å². The zero-order valence-corrected chi connectivity index (χ0v) is 18.9. The molecular weight excluding hydrogens is 386 g/mol. The van der Waals surface area contributed by atoms with Gasteiger partial charge in [-0.2, -0.15) is 4.31 Å². The highest BCUT2D eigenvalue weighted by Gasteiger charge is 2.35. The van der Waals surface area contributed by atoms with Crippen molar-refractivity contribution in [2.45, 2.75) is 76.3 Å². The van der Waals surface area contributed by atoms with Crippen molar-refractivity contribution in [1.29, 1.82) is 0 Å². The van der Waals surface area contributed by atoms with Crippen molar-refractivity contribution in [2.24, 2.45) is 0 Å². The number of rotatable bonds is 5. The Hall–Kier alpha value is -1.44. The van der Waals surface area contributed by atoms with E-state index in [0.29, 0.717) is 37.1 Å². The third-order valence-electron chi connectivity index (χ3n) is 6.69. The average Bonchev–Trinajstić information content (AvgIpc) is 2.98. The summed E-state index contributed by atoms with van der Waals surface area (Å²) in [6.07, 6.45) is 7.09. The van der Waals surface area contributed by atoms with Gasteiger partial charge in [-0.15, -0.1) is 0 Å². The van der Waals surface area contributed by atoms with Crippen LogP contribution in [0.4, 0.5) is 0 Å². The molecule has 2 fully saturated rings. The molecule has 1 saturated carbocycles. The second-order valence-corrected chi connectivity index (χ2v) is 10.7. The molecule has 0 unspecified atom stereocenters. The Morgan fingerprint density at radius 3 is 2.28 bits per heavy atom. The van der Waals surface area contributed by atoms with E-state index in [1.807, 2.05) is 26.8 Å². The Morgan fingerprint density at radius 2 is 1.69 bits per heavy atom. The van der Waals surface area contributed by atoms with Gasteiger partial charge in [-0.3, -0.25) is 4.79 Å². The summed E-state index contributed by atoms with van der Waals surface area (Å²) in [5.41, 5.74) is 2.07. The molecule has 2 aliphatic rings. The number of carbonyl (C=O) groups excluding carboxylic acids is 1. The van der Waals surface area contributed by atoms with Crippen LogP contribution in [0.25, 0.3) is 0 Å². The number of sulfonamides is 1. The number of hydrogen-bond acceptors (Lipinski definition) is 3. The second kappa shape index (κ2) is 9.58. The average molecular weight is 423 g/mol. The SMILES string of the molecule is Cc1ccc(S(=O)(=O)N2CC[NH+]([C@H](C)C(=O)NC3CCCCCC3)CC2)cc1C. The summed E-state index contributed by atoms with van der Waals surface area (Å²) >= 11 is 0. The van der Waals surface area contributed by atoms with Crippen LogP contribution in [0, 0.1) is 13.8 Å². The van der Waals surface area contributed by atoms with Crippen LogP contribution in [0.5, 0.6) is 0 Å². The van der Waals surface area contributed by atoms with Crippen LogP contribution >= 0.6 is 0 Å². The van der Waals surface area contributed by atoms with Gasteiger partial charge in [0.1, 0.15) is 0 Å². The third kappa shape index (κ3) is 5.38. The van der Waals surface area contributed by atoms with Gasteiger partial charge in [-0.05, 0) is 56.9 Å². The van der Waals surface area contributed by atoms with Crippen LogP contribution in [-0.4, -0.2) is 56.9 Å². The van der Waals surface area contributed by atoms with E-state index in [1.165, 1.54) is 30.6 Å². The molecule has 162 valence electrons. The van der Waals surface area contributed by atoms with Crippen molar-refractivity contribution >= 4 is 15.9 Å². The maximum atomic E-state index is 13.0. The minimum Gasteiger partial charge on any atom is -0.348 e. The van der Waals surface area contributed by atoms with E-state index in [2.05, 4.69) is 5.32 Å². The molecule has 1 saturated heterocycles. The number of quaternary nitrogens is 1. The van der Waals surface area contributed by atoms with Crippen LogP contribution in [0.15, 0.2) is 23.1 Å². The number of nitrogens with one attached hydrogen (secondary N) is 2. The second-order valence-electron chi connectivity index (χ2n) is 8.73. The minimum atomic E-state index is -3.48. The largest absolute Gasteiger partial charge is 0.348 e. The molecule has 1 amide bonds. The van der Waals surface area contributed by atoms with Gasteiger partial charge in [-0.1, -0.05) is 31.7 Å². The monoisotopic (exact) mass is 422 g/mol. The lowest BCUT2D eigenvalue weighted by Gasteiger charge is -2.34. The van der Waals surface area contributed by atoms with Gasteiger partial charge in [0.2, 0.25) is 10.0 Å². The van der Waals surface area contributed by atoms with E-state index in [1.54, 1.807) is 16.4 Å². The van der Waals surface area contributed by atoms with Crippen molar-refractivity contribution in [1.82, 2.24) is 9.62 Å². The lowest BCUT2D eigenvalue weighted by atomic mass is 10.1. The summed E-state index contributed by atoms with van der Waals surface area (Å²) in [4.78, 5) is 14.3. The number of amides is 1. The van der Waals surface area contributed by atoms with Gasteiger partial charge >= 0.3 is 0 Å². The normalized spacial score (nSPS) is 21.5. The molecule has 1 aromatic carbocycles. The predicted octanol–water partition coefficient (Wildman–Crippen LogP) is 1.42. The first kappa shape index (κ1) is 22.2. The zero-order chi connectivity index (χ0) is 21.0. The molecule has 1 atom stereocenters. The van der Waals surface area contributed by atoms with Crippen molar-refractivity contribution in [2.75, 3.05) is 26.2 Å². The smallest absolute Gasteiger partial charge is 0.278 e. The first-order valence-corrected chi connectivity index (χ1v) is 12.5. The number of nitrogens with zero attached hydrogens (tertiary/aromatic N) is 1. The van der Waals surface area contributed by atoms with E-state index in [4.69, 9.17) is 0 Å². The fourth-order valence-electron chi connectivity index (χ4n) is 4.41. The summed E-state index contributed by atoms with van der Waals surface area (Å²) in [7, 11) is -3.48. The molecule has 1 aromatic rings. The molecule has 2 N–H and O–H groups in total. The maximum absolute atomic E-state index is 13.0. The van der Waals surface area contributed by atoms with Gasteiger partial charge in [0, 0.05) is 6.04 Å². The molecule has 1 heterocycles. The van der Waals surface area contributed by atoms with Gasteiger partial charge in [0.05, 0.1) is 31.1 Å². The topological polar surface area (TPSA) is 70.9 Å². The minimum absolute atomic E-state index is 0.109. The molecule has 0 aromatic heterocycles. The lowest BCUT2D eigenvalue weighted by Crippen LogP contribution is -3.19. The van der Waals surface area contributed by atoms with E-state index < -0.39 is 10.0 Å². The standard InChI is InChI=1S/C22H35N3O3S/c1-17-10-11-21(16-18(17)2)29(27,28)25-14-12-24(13-15-25)19(3)22(26)23-20-8-6-4-5-7-9-20/h10-11,16,19-20H,4-9,12-15H2,1-3H3,(H,23,26)/p+1/t19-/m1/s1. The molecule has 1 aliphatic carbocycles. The molecular formula is C22H36N3O3S+. The Kier molecular flexibility index (Phi) is 7.35. The van der Waals surface area contributed by atoms with Crippen LogP contribution in [0.2, 0.25) is 0 Å². The van der Waals surface area contributed by atoms with E-state index in [9.17, 15) is 13.2 Å². The Bertz CT molecular complexity index is 809. The fraction of sp³-hybridized carbons (Fsp3) is 0.682. The molecule has 0 radical (unpaired) electrons. The lowest BCUT2D eigenvalue weighted by molar-refractivity contribution is -0.917. The fourth-order valence-corrected chi connectivity index (χ4v) is 5.93. The van der Waals surface area contributed by atoms with Crippen LogP contribution in [-0.2, 0) is 14.8 Å². The molecule has 7 heteroatoms. The number of aryl methyl sites for hydroxylation is 2. The van der Waals surface area contributed by atoms with E-state index in [-0.39, 0.29) is 11.9 Å². The molecule has 0 bridgehead atoms. The molecule has 3 rings (SSSR count). The van der Waals surface area contributed by atoms with Gasteiger partial charge in [-0.25, -0.2) is 8.42 Å². The molecule has 6 nitrogen and oxygen atoms in total.